The average molecular weight is 1160 g/mol. The van der Waals surface area contributed by atoms with Gasteiger partial charge < -0.3 is 47.4 Å². The van der Waals surface area contributed by atoms with Crippen molar-refractivity contribution in [2.75, 3.05) is 26.3 Å². The SMILES string of the molecule is B[C@@H]1[C@@H](OCc2cn(CCOCCn3cc(CO[C@H]4O[C@H](CN=[N+]=[N-])[C@@H](OC(=O)c5ccccc5)[C@H](OC(=O)c5ccccc5)[C@@H]4OC(=O)c4ccccc4)nn3)nn2)O[C@H](CN=[N+]=[N-])[C@@H](OC(=O)c2ccccc2)[C@@H]1OC(=O)c1ccccc1. The van der Waals surface area contributed by atoms with E-state index in [-0.39, 0.29) is 67.3 Å². The van der Waals surface area contributed by atoms with Crippen molar-refractivity contribution in [1.29, 1.82) is 0 Å². The Morgan fingerprint density at radius 3 is 1.19 bits per heavy atom. The monoisotopic (exact) mass is 1160 g/mol. The summed E-state index contributed by atoms with van der Waals surface area (Å²) in [6.07, 6.45) is -8.60. The molecule has 2 aliphatic heterocycles. The summed E-state index contributed by atoms with van der Waals surface area (Å²) in [6, 6.07) is 40.6. The highest BCUT2D eigenvalue weighted by molar-refractivity contribution is 6.12. The van der Waals surface area contributed by atoms with E-state index >= 15 is 0 Å². The van der Waals surface area contributed by atoms with Crippen LogP contribution in [-0.4, -0.2) is 149 Å². The number of rotatable bonds is 26. The number of esters is 5. The first-order valence-electron chi connectivity index (χ1n) is 26.8. The van der Waals surface area contributed by atoms with Crippen molar-refractivity contribution in [3.05, 3.63) is 224 Å². The molecule has 5 aromatic carbocycles. The molecule has 0 radical (unpaired) electrons. The number of carbonyl (C=O) groups is 5. The lowest BCUT2D eigenvalue weighted by Gasteiger charge is -2.44. The van der Waals surface area contributed by atoms with E-state index in [1.807, 2.05) is 0 Å². The molecule has 2 aromatic heterocycles. The zero-order valence-corrected chi connectivity index (χ0v) is 45.5. The molecule has 28 heteroatoms. The van der Waals surface area contributed by atoms with E-state index in [0.717, 1.165) is 0 Å². The first-order chi connectivity index (χ1) is 41.5. The quantitative estimate of drug-likeness (QED) is 0.0110. The molecule has 2 fully saturated rings. The summed E-state index contributed by atoms with van der Waals surface area (Å²) in [6.45, 7) is -0.0938. The van der Waals surface area contributed by atoms with Crippen molar-refractivity contribution in [1.82, 2.24) is 30.0 Å². The molecule has 4 heterocycles. The molecule has 0 aliphatic carbocycles. The zero-order valence-electron chi connectivity index (χ0n) is 45.5. The maximum Gasteiger partial charge on any atom is 0.338 e. The molecule has 436 valence electrons. The van der Waals surface area contributed by atoms with E-state index in [2.05, 4.69) is 40.7 Å². The van der Waals surface area contributed by atoms with Crippen molar-refractivity contribution in [2.45, 2.75) is 87.4 Å². The van der Waals surface area contributed by atoms with Gasteiger partial charge in [0.2, 0.25) is 0 Å². The van der Waals surface area contributed by atoms with E-state index < -0.39 is 97.5 Å². The number of hydrogen-bond donors (Lipinski definition) is 0. The highest BCUT2D eigenvalue weighted by atomic mass is 16.7. The van der Waals surface area contributed by atoms with Gasteiger partial charge in [-0.05, 0) is 71.7 Å². The summed E-state index contributed by atoms with van der Waals surface area (Å²) in [7, 11) is 1.72. The van der Waals surface area contributed by atoms with Gasteiger partial charge in [-0.3, -0.25) is 0 Å². The van der Waals surface area contributed by atoms with Crippen molar-refractivity contribution in [3.63, 3.8) is 0 Å². The van der Waals surface area contributed by atoms with Crippen LogP contribution in [0.2, 0.25) is 5.82 Å². The zero-order chi connectivity index (χ0) is 59.3. The van der Waals surface area contributed by atoms with Crippen molar-refractivity contribution in [3.8, 4) is 0 Å². The van der Waals surface area contributed by atoms with Crippen LogP contribution in [0.15, 0.2) is 174 Å². The van der Waals surface area contributed by atoms with E-state index in [0.29, 0.717) is 17.9 Å². The van der Waals surface area contributed by atoms with Gasteiger partial charge >= 0.3 is 29.8 Å². The molecule has 9 rings (SSSR count). The van der Waals surface area contributed by atoms with Gasteiger partial charge in [0.25, 0.3) is 0 Å². The van der Waals surface area contributed by atoms with Crippen LogP contribution in [0, 0.1) is 0 Å². The molecule has 0 unspecified atom stereocenters. The Hall–Kier alpha value is -9.79. The lowest BCUT2D eigenvalue weighted by Crippen LogP contribution is -2.62. The minimum absolute atomic E-state index is 0.0913. The lowest BCUT2D eigenvalue weighted by molar-refractivity contribution is -0.295. The first kappa shape index (κ1) is 59.8. The van der Waals surface area contributed by atoms with Gasteiger partial charge in [-0.2, -0.15) is 0 Å². The van der Waals surface area contributed by atoms with Gasteiger partial charge in [0.15, 0.2) is 37.0 Å². The second-order valence-electron chi connectivity index (χ2n) is 19.1. The average Bonchev–Trinajstić information content (AvgIpc) is 2.76. The normalized spacial score (nSPS) is 21.6. The maximum atomic E-state index is 13.8. The van der Waals surface area contributed by atoms with Crippen LogP contribution in [0.25, 0.3) is 20.9 Å². The predicted octanol–water partition coefficient (Wildman–Crippen LogP) is 6.24. The molecule has 7 aromatic rings. The maximum absolute atomic E-state index is 13.8. The van der Waals surface area contributed by atoms with Gasteiger partial charge in [0, 0.05) is 15.6 Å². The smallest absolute Gasteiger partial charge is 0.338 e. The molecule has 2 aliphatic rings. The van der Waals surface area contributed by atoms with E-state index in [1.165, 1.54) is 41.1 Å². The van der Waals surface area contributed by atoms with Gasteiger partial charge in [0.1, 0.15) is 37.5 Å². The van der Waals surface area contributed by atoms with E-state index in [9.17, 15) is 35.0 Å². The second-order valence-corrected chi connectivity index (χ2v) is 19.1. The highest BCUT2D eigenvalue weighted by Crippen LogP contribution is 2.36. The second kappa shape index (κ2) is 30.0. The molecule has 0 N–H and O–H groups in total. The fourth-order valence-electron chi connectivity index (χ4n) is 9.10. The van der Waals surface area contributed by atoms with Crippen molar-refractivity contribution in [2.24, 2.45) is 10.2 Å². The summed E-state index contributed by atoms with van der Waals surface area (Å²) in [5.74, 6) is -4.59. The molecule has 27 nitrogen and oxygen atoms in total. The van der Waals surface area contributed by atoms with Gasteiger partial charge in [0.05, 0.1) is 92.8 Å². The van der Waals surface area contributed by atoms with Crippen LogP contribution in [0.3, 0.4) is 0 Å². The Kier molecular flexibility index (Phi) is 21.1. The Morgan fingerprint density at radius 2 is 0.800 bits per heavy atom. The molecule has 10 atom stereocenters. The summed E-state index contributed by atoms with van der Waals surface area (Å²) >= 11 is 0. The molecule has 0 amide bonds. The van der Waals surface area contributed by atoms with E-state index in [4.69, 9.17) is 47.4 Å². The van der Waals surface area contributed by atoms with Crippen LogP contribution in [-0.2, 0) is 73.7 Å². The Balaban J connectivity index is 0.810. The standard InChI is InChI=1S/C57H55BN12O15/c58-45-48(83-53(73)38-20-10-3-11-21-38)46(81-51(71)36-16-6-1-7-17-36)43(30-61-65-59)79-56(45)77-34-41-32-69(67-63-41)26-28-76-29-27-70-33-42(64-68-70)35-78-57-50(85-55(75)40-24-14-5-15-25-40)49(84-54(74)39-22-12-4-13-23-39)47(44(80-57)31-62-66-60)82-52(72)37-18-8-2-9-19-37/h1-25,32-33,43-50,56-57H,26-31,34-35,58H2/t43-,44-,45+,46-,47-,48-,49+,50+,56+,57+/m1/s1. The Bertz CT molecular complexity index is 3430. The summed E-state index contributed by atoms with van der Waals surface area (Å²) in [4.78, 5) is 73.8. The van der Waals surface area contributed by atoms with E-state index in [1.54, 1.807) is 140 Å². The summed E-state index contributed by atoms with van der Waals surface area (Å²) in [5, 5.41) is 24.2. The fraction of sp³-hybridized carbons (Fsp3) is 0.316. The topological polar surface area (TPSA) is 337 Å². The van der Waals surface area contributed by atoms with Crippen molar-refractivity contribution >= 4 is 37.7 Å². The molecule has 0 spiro atoms. The van der Waals surface area contributed by atoms with Crippen LogP contribution in [0.4, 0.5) is 0 Å². The summed E-state index contributed by atoms with van der Waals surface area (Å²) in [5.41, 5.74) is 20.3. The number of ether oxygens (including phenoxy) is 10. The van der Waals surface area contributed by atoms with Crippen molar-refractivity contribution < 1.29 is 71.3 Å². The Labute approximate surface area is 485 Å². The largest absolute Gasteiger partial charge is 0.455 e. The number of aromatic nitrogens is 6. The van der Waals surface area contributed by atoms with Gasteiger partial charge in [-0.1, -0.05) is 112 Å². The highest BCUT2D eigenvalue weighted by Gasteiger charge is 2.53. The molecule has 2 saturated heterocycles. The number of benzene rings is 5. The lowest BCUT2D eigenvalue weighted by atomic mass is 9.76. The number of azide groups is 2. The van der Waals surface area contributed by atoms with Crippen LogP contribution >= 0.6 is 0 Å². The first-order valence-corrected chi connectivity index (χ1v) is 26.8. The minimum Gasteiger partial charge on any atom is -0.455 e. The number of hydrogen-bond acceptors (Lipinski definition) is 21. The van der Waals surface area contributed by atoms with Gasteiger partial charge in [-0.25, -0.2) is 33.3 Å². The Morgan fingerprint density at radius 1 is 0.471 bits per heavy atom. The number of carbonyl (C=O) groups excluding carboxylic acids is 5. The summed E-state index contributed by atoms with van der Waals surface area (Å²) < 4.78 is 64.0. The van der Waals surface area contributed by atoms with Crippen LogP contribution in [0.1, 0.15) is 63.2 Å². The van der Waals surface area contributed by atoms with Crippen LogP contribution < -0.4 is 0 Å². The molecular weight excluding hydrogens is 1100 g/mol. The predicted molar refractivity (Wildman–Crippen MR) is 296 cm³/mol. The third-order valence-electron chi connectivity index (χ3n) is 13.3. The minimum atomic E-state index is -1.58. The third kappa shape index (κ3) is 16.3. The third-order valence-corrected chi connectivity index (χ3v) is 13.3. The molecule has 85 heavy (non-hydrogen) atoms. The fourth-order valence-corrected chi connectivity index (χ4v) is 9.10. The molecular formula is C57H55BN12O15. The van der Waals surface area contributed by atoms with Crippen LogP contribution in [0.5, 0.6) is 0 Å². The molecule has 0 bridgehead atoms. The van der Waals surface area contributed by atoms with Gasteiger partial charge in [-0.15, -0.1) is 10.2 Å². The number of nitrogens with zero attached hydrogens (tertiary/aromatic N) is 12. The molecule has 0 saturated carbocycles.